The van der Waals surface area contributed by atoms with Gasteiger partial charge in [0.25, 0.3) is 0 Å². The molecule has 5 nitrogen and oxygen atoms in total. The fourth-order valence-corrected chi connectivity index (χ4v) is 9.52. The number of ether oxygens (including phenoxy) is 1. The van der Waals surface area contributed by atoms with E-state index in [0.717, 1.165) is 63.7 Å². The Morgan fingerprint density at radius 2 is 1.20 bits per heavy atom. The number of fused-ring (bicyclic) bond motifs is 11. The van der Waals surface area contributed by atoms with Crippen LogP contribution in [0.3, 0.4) is 0 Å². The van der Waals surface area contributed by atoms with Crippen LogP contribution in [0.2, 0.25) is 0 Å². The first-order chi connectivity index (χ1) is 27.8. The Kier molecular flexibility index (Phi) is 5.92. The molecule has 2 aliphatic rings. The van der Waals surface area contributed by atoms with Crippen molar-refractivity contribution in [2.45, 2.75) is 0 Å². The average molecular weight is 716 g/mol. The third-order valence-corrected chi connectivity index (χ3v) is 11.9. The zero-order valence-electron chi connectivity index (χ0n) is 30.1. The SMILES string of the molecule is B1c2cc3oc(-c4ccccc4)cc3cc2-n2c3ccccc3c3c(-n4c5ccccc5c5ccccc54)cc(-c4cccc5c4Nc4ccccc4O5)c1c32. The molecule has 0 saturated heterocycles. The van der Waals surface area contributed by atoms with Crippen molar-refractivity contribution in [3.8, 4) is 45.3 Å². The number of rotatable bonds is 3. The van der Waals surface area contributed by atoms with Crippen LogP contribution in [0.5, 0.6) is 11.5 Å². The number of nitrogens with zero attached hydrogens (tertiary/aromatic N) is 2. The summed E-state index contributed by atoms with van der Waals surface area (Å²) in [5.74, 6) is 2.51. The van der Waals surface area contributed by atoms with Gasteiger partial charge in [-0.1, -0.05) is 115 Å². The lowest BCUT2D eigenvalue weighted by molar-refractivity contribution is 0.481. The number of hydrogen-bond donors (Lipinski definition) is 1. The standard InChI is InChI=1S/C50H30BN3O2/c1-2-13-29(14-3-1)45-26-30-25-41-36(28-46(30)56-45)51-48-35(33-18-12-24-44-49(33)52-37-19-7-11-23-43(37)55-44)27-42(47-34-17-6-10-22-40(34)54(41)50(47)48)53-38-20-8-4-15-31(38)32-16-5-9-21-39(32)53/h1-28,51-52H. The van der Waals surface area contributed by atoms with E-state index in [2.05, 4.69) is 160 Å². The van der Waals surface area contributed by atoms with Gasteiger partial charge in [-0.2, -0.15) is 0 Å². The van der Waals surface area contributed by atoms with Crippen LogP contribution in [-0.2, 0) is 0 Å². The second-order valence-electron chi connectivity index (χ2n) is 14.9. The van der Waals surface area contributed by atoms with Crippen molar-refractivity contribution in [3.05, 3.63) is 170 Å². The Hall–Kier alpha value is -7.44. The monoisotopic (exact) mass is 715 g/mol. The zero-order valence-corrected chi connectivity index (χ0v) is 30.1. The van der Waals surface area contributed by atoms with Crippen molar-refractivity contribution in [2.24, 2.45) is 0 Å². The maximum atomic E-state index is 6.58. The summed E-state index contributed by atoms with van der Waals surface area (Å²) in [6.45, 7) is 0. The third kappa shape index (κ3) is 4.05. The van der Waals surface area contributed by atoms with Crippen LogP contribution in [0.25, 0.3) is 88.4 Å². The van der Waals surface area contributed by atoms with Gasteiger partial charge in [0.1, 0.15) is 11.3 Å². The van der Waals surface area contributed by atoms with Crippen molar-refractivity contribution < 1.29 is 9.15 Å². The molecule has 0 bridgehead atoms. The molecule has 0 saturated carbocycles. The number of anilines is 2. The highest BCUT2D eigenvalue weighted by atomic mass is 16.5. The first-order valence-corrected chi connectivity index (χ1v) is 19.1. The molecule has 8 aromatic carbocycles. The Morgan fingerprint density at radius 1 is 0.518 bits per heavy atom. The molecule has 0 spiro atoms. The number of para-hydroxylation sites is 6. The van der Waals surface area contributed by atoms with Gasteiger partial charge in [0.05, 0.1) is 39.1 Å². The lowest BCUT2D eigenvalue weighted by Crippen LogP contribution is -2.37. The highest BCUT2D eigenvalue weighted by Gasteiger charge is 2.31. The number of hydrogen-bond acceptors (Lipinski definition) is 3. The highest BCUT2D eigenvalue weighted by molar-refractivity contribution is 6.74. The summed E-state index contributed by atoms with van der Waals surface area (Å²) >= 11 is 0. The molecule has 0 radical (unpaired) electrons. The number of nitrogens with one attached hydrogen (secondary N) is 1. The number of furan rings is 1. The molecule has 5 heterocycles. The van der Waals surface area contributed by atoms with E-state index in [0.29, 0.717) is 0 Å². The summed E-state index contributed by atoms with van der Waals surface area (Å²) < 4.78 is 18.1. The molecule has 13 rings (SSSR count). The molecule has 11 aromatic rings. The fraction of sp³-hybridized carbons (Fsp3) is 0. The van der Waals surface area contributed by atoms with Gasteiger partial charge in [-0.05, 0) is 71.7 Å². The second kappa shape index (κ2) is 11.1. The molecule has 6 heteroatoms. The number of aromatic nitrogens is 2. The summed E-state index contributed by atoms with van der Waals surface area (Å²) in [7, 11) is 0.739. The van der Waals surface area contributed by atoms with Gasteiger partial charge < -0.3 is 23.6 Å². The molecule has 2 aliphatic heterocycles. The molecule has 0 amide bonds. The molecule has 0 fully saturated rings. The van der Waals surface area contributed by atoms with E-state index in [1.54, 1.807) is 0 Å². The van der Waals surface area contributed by atoms with E-state index < -0.39 is 0 Å². The van der Waals surface area contributed by atoms with Gasteiger partial charge in [0, 0.05) is 43.7 Å². The van der Waals surface area contributed by atoms with Crippen LogP contribution < -0.4 is 21.0 Å². The molecule has 1 N–H and O–H groups in total. The minimum atomic E-state index is 0.739. The summed E-state index contributed by atoms with van der Waals surface area (Å²) in [5, 5.41) is 9.83. The summed E-state index contributed by atoms with van der Waals surface area (Å²) in [6, 6.07) is 60.7. The predicted octanol–water partition coefficient (Wildman–Crippen LogP) is 11.5. The molecule has 0 unspecified atom stereocenters. The first-order valence-electron chi connectivity index (χ1n) is 19.1. The third-order valence-electron chi connectivity index (χ3n) is 11.9. The average Bonchev–Trinajstić information content (AvgIpc) is 3.94. The van der Waals surface area contributed by atoms with Crippen LogP contribution in [0.4, 0.5) is 11.4 Å². The Labute approximate surface area is 321 Å². The normalized spacial score (nSPS) is 12.7. The summed E-state index contributed by atoms with van der Waals surface area (Å²) in [5.41, 5.74) is 15.8. The van der Waals surface area contributed by atoms with Crippen LogP contribution in [0, 0.1) is 0 Å². The largest absolute Gasteiger partial charge is 0.456 e. The van der Waals surface area contributed by atoms with Crippen molar-refractivity contribution in [1.29, 1.82) is 0 Å². The van der Waals surface area contributed by atoms with Gasteiger partial charge in [-0.25, -0.2) is 0 Å². The van der Waals surface area contributed by atoms with E-state index in [-0.39, 0.29) is 0 Å². The lowest BCUT2D eigenvalue weighted by Gasteiger charge is -2.27. The zero-order chi connectivity index (χ0) is 36.5. The van der Waals surface area contributed by atoms with Gasteiger partial charge in [-0.15, -0.1) is 0 Å². The van der Waals surface area contributed by atoms with Gasteiger partial charge in [0.15, 0.2) is 18.8 Å². The van der Waals surface area contributed by atoms with Crippen molar-refractivity contribution >= 4 is 84.2 Å². The molecule has 3 aromatic heterocycles. The minimum Gasteiger partial charge on any atom is -0.456 e. The molecule has 0 atom stereocenters. The maximum absolute atomic E-state index is 6.58. The maximum Gasteiger partial charge on any atom is 0.198 e. The fourth-order valence-electron chi connectivity index (χ4n) is 9.52. The van der Waals surface area contributed by atoms with E-state index in [4.69, 9.17) is 9.15 Å². The van der Waals surface area contributed by atoms with E-state index in [1.165, 1.54) is 65.8 Å². The first kappa shape index (κ1) is 30.0. The minimum absolute atomic E-state index is 0.739. The molecule has 0 aliphatic carbocycles. The van der Waals surface area contributed by atoms with E-state index >= 15 is 0 Å². The molecular weight excluding hydrogens is 685 g/mol. The molecule has 56 heavy (non-hydrogen) atoms. The van der Waals surface area contributed by atoms with Gasteiger partial charge in [-0.3, -0.25) is 0 Å². The smallest absolute Gasteiger partial charge is 0.198 e. The van der Waals surface area contributed by atoms with Crippen LogP contribution >= 0.6 is 0 Å². The van der Waals surface area contributed by atoms with Gasteiger partial charge >= 0.3 is 0 Å². The Balaban J connectivity index is 1.17. The topological polar surface area (TPSA) is 44.3 Å². The van der Waals surface area contributed by atoms with E-state index in [1.807, 2.05) is 24.3 Å². The van der Waals surface area contributed by atoms with Crippen LogP contribution in [-0.4, -0.2) is 16.4 Å². The van der Waals surface area contributed by atoms with Crippen molar-refractivity contribution in [1.82, 2.24) is 9.13 Å². The second-order valence-corrected chi connectivity index (χ2v) is 14.9. The van der Waals surface area contributed by atoms with Gasteiger partial charge in [0.2, 0.25) is 0 Å². The predicted molar refractivity (Wildman–Crippen MR) is 232 cm³/mol. The Morgan fingerprint density at radius 3 is 2.00 bits per heavy atom. The quantitative estimate of drug-likeness (QED) is 0.185. The lowest BCUT2D eigenvalue weighted by atomic mass is 9.59. The summed E-state index contributed by atoms with van der Waals surface area (Å²) in [6.07, 6.45) is 0. The Bertz CT molecular complexity index is 3410. The van der Waals surface area contributed by atoms with Crippen molar-refractivity contribution in [2.75, 3.05) is 5.32 Å². The van der Waals surface area contributed by atoms with Crippen LogP contribution in [0.15, 0.2) is 174 Å². The van der Waals surface area contributed by atoms with E-state index in [9.17, 15) is 0 Å². The summed E-state index contributed by atoms with van der Waals surface area (Å²) in [4.78, 5) is 0. The highest BCUT2D eigenvalue weighted by Crippen LogP contribution is 2.48. The molecular formula is C50H30BN3O2. The van der Waals surface area contributed by atoms with Crippen LogP contribution in [0.1, 0.15) is 0 Å². The number of benzene rings is 8. The van der Waals surface area contributed by atoms with Crippen molar-refractivity contribution in [3.63, 3.8) is 0 Å². The molecule has 260 valence electrons.